The minimum absolute atomic E-state index is 0.258. The highest BCUT2D eigenvalue weighted by atomic mass is 79.9. The third kappa shape index (κ3) is 4.14. The Morgan fingerprint density at radius 1 is 1.47 bits per heavy atom. The number of carbonyl (C=O) groups is 1. The molecule has 6 heteroatoms. The Labute approximate surface area is 105 Å². The van der Waals surface area contributed by atoms with Gasteiger partial charge >= 0.3 is 5.97 Å². The van der Waals surface area contributed by atoms with Crippen LogP contribution in [-0.4, -0.2) is 17.2 Å². The zero-order valence-electron chi connectivity index (χ0n) is 8.78. The summed E-state index contributed by atoms with van der Waals surface area (Å²) in [6.45, 7) is 1.47. The van der Waals surface area contributed by atoms with E-state index in [4.69, 9.17) is 9.84 Å². The molecule has 1 N–H and O–H groups in total. The maximum Gasteiger partial charge on any atom is 0.328 e. The van der Waals surface area contributed by atoms with Crippen molar-refractivity contribution in [2.24, 2.45) is 0 Å². The summed E-state index contributed by atoms with van der Waals surface area (Å²) in [5.41, 5.74) is 0. The van der Waals surface area contributed by atoms with Crippen molar-refractivity contribution in [1.29, 1.82) is 0 Å². The van der Waals surface area contributed by atoms with Gasteiger partial charge in [0.25, 0.3) is 0 Å². The number of carboxylic acid groups (broad SMARTS) is 1. The van der Waals surface area contributed by atoms with Crippen molar-refractivity contribution in [3.05, 3.63) is 40.4 Å². The average molecular weight is 307 g/mol. The molecular formula is C11H9BrF2O3. The average Bonchev–Trinajstić information content (AvgIpc) is 2.20. The van der Waals surface area contributed by atoms with Gasteiger partial charge in [0, 0.05) is 10.5 Å². The van der Waals surface area contributed by atoms with E-state index in [-0.39, 0.29) is 4.47 Å². The van der Waals surface area contributed by atoms with E-state index in [0.29, 0.717) is 0 Å². The van der Waals surface area contributed by atoms with Crippen LogP contribution in [0.5, 0.6) is 5.75 Å². The van der Waals surface area contributed by atoms with Gasteiger partial charge in [0.2, 0.25) is 0 Å². The molecule has 0 unspecified atom stereocenters. The first kappa shape index (κ1) is 13.6. The van der Waals surface area contributed by atoms with Crippen molar-refractivity contribution in [2.45, 2.75) is 13.0 Å². The highest BCUT2D eigenvalue weighted by Crippen LogP contribution is 2.26. The number of halogens is 3. The van der Waals surface area contributed by atoms with Gasteiger partial charge in [0.15, 0.2) is 17.4 Å². The maximum absolute atomic E-state index is 13.3. The Morgan fingerprint density at radius 3 is 2.47 bits per heavy atom. The first-order valence-corrected chi connectivity index (χ1v) is 5.41. The Balaban J connectivity index is 2.85. The summed E-state index contributed by atoms with van der Waals surface area (Å²) in [5, 5.41) is 8.38. The van der Waals surface area contributed by atoms with E-state index in [1.807, 2.05) is 0 Å². The predicted octanol–water partition coefficient (Wildman–Crippen LogP) is 3.14. The predicted molar refractivity (Wildman–Crippen MR) is 60.9 cm³/mol. The minimum atomic E-state index is -1.16. The van der Waals surface area contributed by atoms with Crippen molar-refractivity contribution in [1.82, 2.24) is 0 Å². The Kier molecular flexibility index (Phi) is 4.62. The van der Waals surface area contributed by atoms with Crippen LogP contribution in [0.1, 0.15) is 6.92 Å². The first-order valence-electron chi connectivity index (χ1n) is 4.62. The number of ether oxygens (including phenoxy) is 1. The number of benzene rings is 1. The Hall–Kier alpha value is -1.43. The summed E-state index contributed by atoms with van der Waals surface area (Å²) in [7, 11) is 0. The molecule has 1 aromatic rings. The topological polar surface area (TPSA) is 46.5 Å². The molecule has 3 nitrogen and oxygen atoms in total. The molecule has 0 aliphatic heterocycles. The van der Waals surface area contributed by atoms with E-state index >= 15 is 0 Å². The fourth-order valence-corrected chi connectivity index (χ4v) is 1.49. The summed E-state index contributed by atoms with van der Waals surface area (Å²) in [5.74, 6) is -3.40. The van der Waals surface area contributed by atoms with Gasteiger partial charge in [-0.25, -0.2) is 13.6 Å². The molecule has 0 aromatic heterocycles. The summed E-state index contributed by atoms with van der Waals surface area (Å²) < 4.78 is 31.9. The van der Waals surface area contributed by atoms with Crippen LogP contribution in [0.15, 0.2) is 28.8 Å². The van der Waals surface area contributed by atoms with Gasteiger partial charge < -0.3 is 9.84 Å². The molecule has 0 saturated heterocycles. The van der Waals surface area contributed by atoms with Crippen LogP contribution in [0.2, 0.25) is 0 Å². The molecule has 92 valence electrons. The van der Waals surface area contributed by atoms with Crippen molar-refractivity contribution < 1.29 is 23.4 Å². The molecule has 0 aliphatic rings. The van der Waals surface area contributed by atoms with Gasteiger partial charge in [0.1, 0.15) is 6.10 Å². The van der Waals surface area contributed by atoms with Crippen molar-refractivity contribution in [3.63, 3.8) is 0 Å². The third-order valence-electron chi connectivity index (χ3n) is 1.78. The number of hydrogen-bond donors (Lipinski definition) is 1. The molecule has 0 spiro atoms. The van der Waals surface area contributed by atoms with Crippen LogP contribution in [-0.2, 0) is 4.79 Å². The largest absolute Gasteiger partial charge is 0.481 e. The molecule has 1 atom stereocenters. The number of carboxylic acids is 1. The summed E-state index contributed by atoms with van der Waals surface area (Å²) in [4.78, 5) is 10.2. The van der Waals surface area contributed by atoms with Crippen LogP contribution < -0.4 is 4.74 Å². The zero-order chi connectivity index (χ0) is 13.0. The fraction of sp³-hybridized carbons (Fsp3) is 0.182. The third-order valence-corrected chi connectivity index (χ3v) is 2.23. The van der Waals surface area contributed by atoms with E-state index in [1.165, 1.54) is 13.0 Å². The van der Waals surface area contributed by atoms with E-state index in [0.717, 1.165) is 18.2 Å². The number of rotatable bonds is 4. The second kappa shape index (κ2) is 5.77. The van der Waals surface area contributed by atoms with Gasteiger partial charge in [-0.2, -0.15) is 0 Å². The SMILES string of the molecule is C[C@H](C=CC(=O)O)Oc1c(F)cc(Br)cc1F. The molecule has 1 aromatic carbocycles. The van der Waals surface area contributed by atoms with Crippen molar-refractivity contribution in [3.8, 4) is 5.75 Å². The normalized spacial score (nSPS) is 12.7. The molecular weight excluding hydrogens is 298 g/mol. The van der Waals surface area contributed by atoms with Gasteiger partial charge in [-0.1, -0.05) is 15.9 Å². The van der Waals surface area contributed by atoms with Crippen LogP contribution in [0.4, 0.5) is 8.78 Å². The molecule has 0 fully saturated rings. The van der Waals surface area contributed by atoms with Gasteiger partial charge in [-0.05, 0) is 25.1 Å². The molecule has 17 heavy (non-hydrogen) atoms. The summed E-state index contributed by atoms with van der Waals surface area (Å²) >= 11 is 2.94. The number of hydrogen-bond acceptors (Lipinski definition) is 2. The van der Waals surface area contributed by atoms with Crippen LogP contribution >= 0.6 is 15.9 Å². The van der Waals surface area contributed by atoms with Crippen molar-refractivity contribution in [2.75, 3.05) is 0 Å². The molecule has 0 heterocycles. The van der Waals surface area contributed by atoms with Gasteiger partial charge in [-0.3, -0.25) is 0 Å². The molecule has 0 amide bonds. The lowest BCUT2D eigenvalue weighted by molar-refractivity contribution is -0.131. The molecule has 1 rings (SSSR count). The second-order valence-electron chi connectivity index (χ2n) is 3.22. The standard InChI is InChI=1S/C11H9BrF2O3/c1-6(2-3-10(15)16)17-11-8(13)4-7(12)5-9(11)14/h2-6H,1H3,(H,15,16)/t6-/m1/s1. The molecule has 0 radical (unpaired) electrons. The first-order chi connectivity index (χ1) is 7.90. The molecule has 0 saturated carbocycles. The summed E-state index contributed by atoms with van der Waals surface area (Å²) in [6.07, 6.45) is 1.28. The van der Waals surface area contributed by atoms with Crippen LogP contribution in [0.25, 0.3) is 0 Å². The van der Waals surface area contributed by atoms with E-state index < -0.39 is 29.5 Å². The Morgan fingerprint density at radius 2 is 2.00 bits per heavy atom. The van der Waals surface area contributed by atoms with Crippen LogP contribution in [0.3, 0.4) is 0 Å². The highest BCUT2D eigenvalue weighted by Gasteiger charge is 2.13. The van der Waals surface area contributed by atoms with Gasteiger partial charge in [-0.15, -0.1) is 0 Å². The maximum atomic E-state index is 13.3. The van der Waals surface area contributed by atoms with E-state index in [9.17, 15) is 13.6 Å². The lowest BCUT2D eigenvalue weighted by atomic mass is 10.3. The fourth-order valence-electron chi connectivity index (χ4n) is 1.08. The lowest BCUT2D eigenvalue weighted by Crippen LogP contribution is -2.11. The quantitative estimate of drug-likeness (QED) is 0.869. The van der Waals surface area contributed by atoms with E-state index in [1.54, 1.807) is 0 Å². The van der Waals surface area contributed by atoms with Gasteiger partial charge in [0.05, 0.1) is 0 Å². The molecule has 0 aliphatic carbocycles. The zero-order valence-corrected chi connectivity index (χ0v) is 10.4. The minimum Gasteiger partial charge on any atom is -0.481 e. The monoisotopic (exact) mass is 306 g/mol. The van der Waals surface area contributed by atoms with E-state index in [2.05, 4.69) is 15.9 Å². The van der Waals surface area contributed by atoms with Crippen molar-refractivity contribution >= 4 is 21.9 Å². The smallest absolute Gasteiger partial charge is 0.328 e. The summed E-state index contributed by atoms with van der Waals surface area (Å²) in [6, 6.07) is 2.12. The Bertz CT molecular complexity index is 437. The second-order valence-corrected chi connectivity index (χ2v) is 4.13. The molecule has 0 bridgehead atoms. The van der Waals surface area contributed by atoms with Crippen LogP contribution in [0, 0.1) is 11.6 Å². The lowest BCUT2D eigenvalue weighted by Gasteiger charge is -2.12. The number of aliphatic carboxylic acids is 1. The highest BCUT2D eigenvalue weighted by molar-refractivity contribution is 9.10.